The molecule has 1 fully saturated rings. The smallest absolute Gasteiger partial charge is 0.258 e. The maximum Gasteiger partial charge on any atom is 0.258 e. The van der Waals surface area contributed by atoms with Crippen LogP contribution >= 0.6 is 0 Å². The highest BCUT2D eigenvalue weighted by atomic mass is 16.1. The van der Waals surface area contributed by atoms with E-state index in [4.69, 9.17) is 10.7 Å². The van der Waals surface area contributed by atoms with Crippen molar-refractivity contribution in [2.24, 2.45) is 5.73 Å². The van der Waals surface area contributed by atoms with Crippen molar-refractivity contribution in [3.05, 3.63) is 58.4 Å². The normalized spacial score (nSPS) is 16.3. The molecule has 0 atom stereocenters. The Morgan fingerprint density at radius 1 is 1.10 bits per heavy atom. The van der Waals surface area contributed by atoms with E-state index in [1.165, 1.54) is 0 Å². The van der Waals surface area contributed by atoms with Gasteiger partial charge in [0.05, 0.1) is 34.5 Å². The molecule has 0 aromatic carbocycles. The van der Waals surface area contributed by atoms with Crippen LogP contribution in [0.5, 0.6) is 0 Å². The Morgan fingerprint density at radius 2 is 1.87 bits per heavy atom. The molecule has 0 radical (unpaired) electrons. The number of hydrogen-bond acceptors (Lipinski definition) is 6. The molecule has 0 unspecified atom stereocenters. The SMILES string of the molecule is CCc1nc(C)cn2nc(-c3cc(=O)n4cc(N5CCC(C)(N)CC5)ccc4n3)cc12. The van der Waals surface area contributed by atoms with Gasteiger partial charge in [0.2, 0.25) is 0 Å². The summed E-state index contributed by atoms with van der Waals surface area (Å²) in [6, 6.07) is 7.43. The molecule has 0 aliphatic carbocycles. The lowest BCUT2D eigenvalue weighted by Gasteiger charge is -2.38. The Balaban J connectivity index is 1.53. The molecule has 160 valence electrons. The zero-order chi connectivity index (χ0) is 21.8. The van der Waals surface area contributed by atoms with Crippen molar-refractivity contribution in [2.45, 2.75) is 45.6 Å². The van der Waals surface area contributed by atoms with Crippen molar-refractivity contribution in [2.75, 3.05) is 18.0 Å². The van der Waals surface area contributed by atoms with Gasteiger partial charge in [-0.15, -0.1) is 0 Å². The van der Waals surface area contributed by atoms with E-state index in [2.05, 4.69) is 28.8 Å². The summed E-state index contributed by atoms with van der Waals surface area (Å²) in [6.45, 7) is 7.89. The molecule has 1 aliphatic heterocycles. The molecule has 2 N–H and O–H groups in total. The van der Waals surface area contributed by atoms with E-state index in [-0.39, 0.29) is 11.1 Å². The average molecular weight is 418 g/mol. The third-order valence-electron chi connectivity index (χ3n) is 6.16. The minimum absolute atomic E-state index is 0.111. The van der Waals surface area contributed by atoms with Crippen molar-refractivity contribution in [3.63, 3.8) is 0 Å². The Labute approximate surface area is 180 Å². The van der Waals surface area contributed by atoms with Crippen molar-refractivity contribution < 1.29 is 0 Å². The monoisotopic (exact) mass is 417 g/mol. The molecule has 4 aromatic heterocycles. The zero-order valence-corrected chi connectivity index (χ0v) is 18.2. The van der Waals surface area contributed by atoms with Crippen molar-refractivity contribution >= 4 is 16.9 Å². The second kappa shape index (κ2) is 7.16. The molecule has 0 spiro atoms. The first-order valence-corrected chi connectivity index (χ1v) is 10.8. The molecule has 1 aliphatic rings. The molecule has 0 amide bonds. The Kier molecular flexibility index (Phi) is 4.55. The summed E-state index contributed by atoms with van der Waals surface area (Å²) in [5, 5.41) is 4.65. The van der Waals surface area contributed by atoms with Crippen molar-refractivity contribution in [1.29, 1.82) is 0 Å². The molecular formula is C23H27N7O. The maximum absolute atomic E-state index is 12.9. The van der Waals surface area contributed by atoms with Crippen LogP contribution in [-0.4, -0.2) is 42.6 Å². The van der Waals surface area contributed by atoms with Gasteiger partial charge in [-0.05, 0) is 51.3 Å². The van der Waals surface area contributed by atoms with Crippen LogP contribution in [0.15, 0.2) is 41.5 Å². The molecule has 0 bridgehead atoms. The van der Waals surface area contributed by atoms with E-state index >= 15 is 0 Å². The number of anilines is 1. The van der Waals surface area contributed by atoms with Gasteiger partial charge in [-0.3, -0.25) is 14.2 Å². The second-order valence-electron chi connectivity index (χ2n) is 8.78. The fourth-order valence-corrected chi connectivity index (χ4v) is 4.26. The number of aromatic nitrogens is 5. The highest BCUT2D eigenvalue weighted by Crippen LogP contribution is 2.25. The number of fused-ring (bicyclic) bond motifs is 2. The highest BCUT2D eigenvalue weighted by Gasteiger charge is 2.26. The molecule has 8 nitrogen and oxygen atoms in total. The van der Waals surface area contributed by atoms with Crippen LogP contribution in [0, 0.1) is 6.92 Å². The van der Waals surface area contributed by atoms with Crippen LogP contribution in [0.25, 0.3) is 22.6 Å². The largest absolute Gasteiger partial charge is 0.370 e. The number of rotatable bonds is 3. The molecule has 5 rings (SSSR count). The number of pyridine rings is 1. The van der Waals surface area contributed by atoms with Gasteiger partial charge in [0, 0.05) is 30.9 Å². The van der Waals surface area contributed by atoms with E-state index in [9.17, 15) is 4.79 Å². The number of piperidine rings is 1. The van der Waals surface area contributed by atoms with Crippen LogP contribution in [0.3, 0.4) is 0 Å². The van der Waals surface area contributed by atoms with Crippen LogP contribution in [0.2, 0.25) is 0 Å². The van der Waals surface area contributed by atoms with Gasteiger partial charge < -0.3 is 10.6 Å². The van der Waals surface area contributed by atoms with Crippen LogP contribution < -0.4 is 16.2 Å². The first-order chi connectivity index (χ1) is 14.8. The van der Waals surface area contributed by atoms with Gasteiger partial charge in [0.15, 0.2) is 0 Å². The van der Waals surface area contributed by atoms with E-state index in [1.807, 2.05) is 42.0 Å². The van der Waals surface area contributed by atoms with E-state index < -0.39 is 0 Å². The highest BCUT2D eigenvalue weighted by molar-refractivity contribution is 5.66. The van der Waals surface area contributed by atoms with Crippen molar-refractivity contribution in [1.82, 2.24) is 24.0 Å². The van der Waals surface area contributed by atoms with Crippen LogP contribution in [-0.2, 0) is 6.42 Å². The summed E-state index contributed by atoms with van der Waals surface area (Å²) in [4.78, 5) is 24.5. The van der Waals surface area contributed by atoms with Crippen LogP contribution in [0.1, 0.15) is 38.1 Å². The minimum atomic E-state index is -0.121. The third-order valence-corrected chi connectivity index (χ3v) is 6.16. The quantitative estimate of drug-likeness (QED) is 0.551. The van der Waals surface area contributed by atoms with Gasteiger partial charge in [-0.1, -0.05) is 6.92 Å². The summed E-state index contributed by atoms with van der Waals surface area (Å²) in [7, 11) is 0. The molecule has 1 saturated heterocycles. The predicted molar refractivity (Wildman–Crippen MR) is 122 cm³/mol. The lowest BCUT2D eigenvalue weighted by Crippen LogP contribution is -2.48. The van der Waals surface area contributed by atoms with Gasteiger partial charge in [-0.25, -0.2) is 9.50 Å². The standard InChI is InChI=1S/C23H27N7O/c1-4-17-20-11-19(27-30(20)13-15(2)25-17)18-12-22(31)29-14-16(5-6-21(29)26-18)28-9-7-23(3,24)8-10-28/h5-6,11-14H,4,7-10,24H2,1-3H3. The van der Waals surface area contributed by atoms with E-state index in [0.717, 1.165) is 54.9 Å². The lowest BCUT2D eigenvalue weighted by atomic mass is 9.91. The molecule has 5 heterocycles. The summed E-state index contributed by atoms with van der Waals surface area (Å²) < 4.78 is 3.43. The third kappa shape index (κ3) is 3.57. The number of nitrogens with two attached hydrogens (primary N) is 1. The second-order valence-corrected chi connectivity index (χ2v) is 8.78. The Hall–Kier alpha value is -3.26. The first-order valence-electron chi connectivity index (χ1n) is 10.8. The molecule has 4 aromatic rings. The van der Waals surface area contributed by atoms with E-state index in [1.54, 1.807) is 10.5 Å². The average Bonchev–Trinajstić information content (AvgIpc) is 3.17. The number of nitrogens with zero attached hydrogens (tertiary/aromatic N) is 6. The van der Waals surface area contributed by atoms with Gasteiger partial charge in [0.25, 0.3) is 5.56 Å². The Morgan fingerprint density at radius 3 is 2.61 bits per heavy atom. The molecular weight excluding hydrogens is 390 g/mol. The molecule has 0 saturated carbocycles. The molecule has 8 heteroatoms. The molecule has 31 heavy (non-hydrogen) atoms. The maximum atomic E-state index is 12.9. The summed E-state index contributed by atoms with van der Waals surface area (Å²) >= 11 is 0. The van der Waals surface area contributed by atoms with Gasteiger partial charge in [0.1, 0.15) is 11.3 Å². The lowest BCUT2D eigenvalue weighted by molar-refractivity contribution is 0.364. The summed E-state index contributed by atoms with van der Waals surface area (Å²) in [6.07, 6.45) is 6.44. The fourth-order valence-electron chi connectivity index (χ4n) is 4.26. The first kappa shape index (κ1) is 19.7. The fraction of sp³-hybridized carbons (Fsp3) is 0.391. The van der Waals surface area contributed by atoms with Crippen molar-refractivity contribution in [3.8, 4) is 11.4 Å². The van der Waals surface area contributed by atoms with Gasteiger partial charge >= 0.3 is 0 Å². The van der Waals surface area contributed by atoms with Gasteiger partial charge in [-0.2, -0.15) is 5.10 Å². The zero-order valence-electron chi connectivity index (χ0n) is 18.2. The minimum Gasteiger partial charge on any atom is -0.370 e. The summed E-state index contributed by atoms with van der Waals surface area (Å²) in [5.41, 5.74) is 11.7. The Bertz CT molecular complexity index is 1340. The predicted octanol–water partition coefficient (Wildman–Crippen LogP) is 2.59. The number of hydrogen-bond donors (Lipinski definition) is 1. The van der Waals surface area contributed by atoms with Crippen LogP contribution in [0.4, 0.5) is 5.69 Å². The van der Waals surface area contributed by atoms with E-state index in [0.29, 0.717) is 17.0 Å². The summed E-state index contributed by atoms with van der Waals surface area (Å²) in [5.74, 6) is 0. The topological polar surface area (TPSA) is 93.8 Å². The number of aryl methyl sites for hydroxylation is 2.